The van der Waals surface area contributed by atoms with Gasteiger partial charge in [0.1, 0.15) is 11.8 Å². The van der Waals surface area contributed by atoms with Gasteiger partial charge in [-0.3, -0.25) is 9.69 Å². The zero-order valence-electron chi connectivity index (χ0n) is 12.1. The molecule has 1 aromatic rings. The van der Waals surface area contributed by atoms with Gasteiger partial charge in [-0.1, -0.05) is 0 Å². The molecule has 2 aliphatic rings. The zero-order chi connectivity index (χ0) is 14.1. The van der Waals surface area contributed by atoms with Gasteiger partial charge in [0.2, 0.25) is 5.91 Å². The van der Waals surface area contributed by atoms with E-state index < -0.39 is 0 Å². The minimum atomic E-state index is -0.155. The first-order valence-corrected chi connectivity index (χ1v) is 7.21. The van der Waals surface area contributed by atoms with Crippen molar-refractivity contribution in [2.24, 2.45) is 0 Å². The number of anilines is 1. The number of nitrogens with zero attached hydrogens (tertiary/aromatic N) is 2. The second-order valence-electron chi connectivity index (χ2n) is 5.24. The fourth-order valence-electron chi connectivity index (χ4n) is 3.04. The molecule has 20 heavy (non-hydrogen) atoms. The molecule has 1 amide bonds. The summed E-state index contributed by atoms with van der Waals surface area (Å²) < 4.78 is 5.58. The van der Waals surface area contributed by atoms with E-state index in [1.165, 1.54) is 0 Å². The number of hydrogen-bond acceptors (Lipinski definition) is 4. The van der Waals surface area contributed by atoms with Crippen LogP contribution in [0.2, 0.25) is 0 Å². The molecule has 0 saturated carbocycles. The molecule has 0 aromatic heterocycles. The van der Waals surface area contributed by atoms with Crippen LogP contribution in [0.25, 0.3) is 0 Å². The van der Waals surface area contributed by atoms with E-state index in [0.717, 1.165) is 43.2 Å². The monoisotopic (exact) mass is 275 g/mol. The van der Waals surface area contributed by atoms with Crippen molar-refractivity contribution in [2.45, 2.75) is 13.0 Å². The minimum Gasteiger partial charge on any atom is -0.494 e. The lowest BCUT2D eigenvalue weighted by atomic mass is 10.1. The smallest absolute Gasteiger partial charge is 0.248 e. The van der Waals surface area contributed by atoms with E-state index in [-0.39, 0.29) is 11.9 Å². The number of nitrogens with one attached hydrogen (secondary N) is 1. The highest BCUT2D eigenvalue weighted by Gasteiger charge is 2.39. The average Bonchev–Trinajstić information content (AvgIpc) is 2.72. The maximum absolute atomic E-state index is 12.6. The summed E-state index contributed by atoms with van der Waals surface area (Å²) in [5, 5.41) is 3.33. The van der Waals surface area contributed by atoms with Crippen LogP contribution < -0.4 is 15.0 Å². The summed E-state index contributed by atoms with van der Waals surface area (Å²) in [7, 11) is 1.85. The van der Waals surface area contributed by atoms with Gasteiger partial charge in [0, 0.05) is 44.5 Å². The molecule has 0 radical (unpaired) electrons. The molecule has 1 aromatic carbocycles. The van der Waals surface area contributed by atoms with Crippen LogP contribution in [0.5, 0.6) is 5.75 Å². The highest BCUT2D eigenvalue weighted by Crippen LogP contribution is 2.40. The lowest BCUT2D eigenvalue weighted by Gasteiger charge is -2.31. The number of amides is 1. The Hall–Kier alpha value is -1.59. The molecular formula is C15H21N3O2. The second kappa shape index (κ2) is 5.42. The molecule has 1 N–H and O–H groups in total. The zero-order valence-corrected chi connectivity index (χ0v) is 12.1. The number of benzene rings is 1. The molecule has 5 heteroatoms. The van der Waals surface area contributed by atoms with Crippen LogP contribution in [0.3, 0.4) is 0 Å². The molecule has 1 fully saturated rings. The molecule has 108 valence electrons. The highest BCUT2D eigenvalue weighted by atomic mass is 16.5. The lowest BCUT2D eigenvalue weighted by molar-refractivity contribution is -0.123. The second-order valence-corrected chi connectivity index (χ2v) is 5.24. The first-order valence-electron chi connectivity index (χ1n) is 7.21. The standard InChI is InChI=1S/C15H21N3O2/c1-3-20-11-4-5-13-12(10-11)14(15(19)17(13)2)18-8-6-16-7-9-18/h4-5,10,14,16H,3,6-9H2,1-2H3. The number of fused-ring (bicyclic) bond motifs is 1. The topological polar surface area (TPSA) is 44.8 Å². The Balaban J connectivity index is 1.95. The summed E-state index contributed by atoms with van der Waals surface area (Å²) in [6, 6.07) is 5.79. The van der Waals surface area contributed by atoms with Gasteiger partial charge in [0.05, 0.1) is 6.61 Å². The van der Waals surface area contributed by atoms with E-state index >= 15 is 0 Å². The van der Waals surface area contributed by atoms with Crippen molar-refractivity contribution in [3.05, 3.63) is 23.8 Å². The van der Waals surface area contributed by atoms with Crippen molar-refractivity contribution < 1.29 is 9.53 Å². The fraction of sp³-hybridized carbons (Fsp3) is 0.533. The predicted molar refractivity (Wildman–Crippen MR) is 78.2 cm³/mol. The van der Waals surface area contributed by atoms with Crippen molar-refractivity contribution in [1.82, 2.24) is 10.2 Å². The van der Waals surface area contributed by atoms with Crippen LogP contribution in [-0.4, -0.2) is 50.6 Å². The van der Waals surface area contributed by atoms with Crippen molar-refractivity contribution in [2.75, 3.05) is 44.7 Å². The van der Waals surface area contributed by atoms with Crippen LogP contribution in [0.15, 0.2) is 18.2 Å². The van der Waals surface area contributed by atoms with E-state index in [1.54, 1.807) is 4.90 Å². The molecular weight excluding hydrogens is 254 g/mol. The number of rotatable bonds is 3. The van der Waals surface area contributed by atoms with Gasteiger partial charge >= 0.3 is 0 Å². The molecule has 0 bridgehead atoms. The molecule has 1 saturated heterocycles. The molecule has 1 atom stereocenters. The third-order valence-corrected chi connectivity index (χ3v) is 4.05. The Kier molecular flexibility index (Phi) is 3.63. The summed E-state index contributed by atoms with van der Waals surface area (Å²) in [6.45, 7) is 6.30. The number of ether oxygens (including phenoxy) is 1. The first-order chi connectivity index (χ1) is 9.72. The normalized spacial score (nSPS) is 23.0. The van der Waals surface area contributed by atoms with Crippen molar-refractivity contribution in [1.29, 1.82) is 0 Å². The van der Waals surface area contributed by atoms with Crippen LogP contribution >= 0.6 is 0 Å². The van der Waals surface area contributed by atoms with Crippen molar-refractivity contribution >= 4 is 11.6 Å². The lowest BCUT2D eigenvalue weighted by Crippen LogP contribution is -2.47. The molecule has 0 aliphatic carbocycles. The predicted octanol–water partition coefficient (Wildman–Crippen LogP) is 1.01. The Labute approximate surface area is 119 Å². The van der Waals surface area contributed by atoms with Crippen LogP contribution in [0, 0.1) is 0 Å². The average molecular weight is 275 g/mol. The summed E-state index contributed by atoms with van der Waals surface area (Å²) >= 11 is 0. The summed E-state index contributed by atoms with van der Waals surface area (Å²) in [5.74, 6) is 1.00. The number of likely N-dealkylation sites (N-methyl/N-ethyl adjacent to an activating group) is 1. The van der Waals surface area contributed by atoms with Gasteiger partial charge in [-0.15, -0.1) is 0 Å². The largest absolute Gasteiger partial charge is 0.494 e. The molecule has 2 aliphatic heterocycles. The van der Waals surface area contributed by atoms with Gasteiger partial charge in [0.15, 0.2) is 0 Å². The molecule has 1 unspecified atom stereocenters. The van der Waals surface area contributed by atoms with E-state index in [9.17, 15) is 4.79 Å². The van der Waals surface area contributed by atoms with Crippen LogP contribution in [-0.2, 0) is 4.79 Å². The maximum Gasteiger partial charge on any atom is 0.248 e. The maximum atomic E-state index is 12.6. The van der Waals surface area contributed by atoms with Crippen LogP contribution in [0.1, 0.15) is 18.5 Å². The molecule has 2 heterocycles. The third kappa shape index (κ3) is 2.17. The first kappa shape index (κ1) is 13.4. The van der Waals surface area contributed by atoms with Gasteiger partial charge < -0.3 is 15.0 Å². The third-order valence-electron chi connectivity index (χ3n) is 4.05. The number of carbonyl (C=O) groups is 1. The van der Waals surface area contributed by atoms with E-state index in [0.29, 0.717) is 6.61 Å². The Morgan fingerprint density at radius 3 is 2.80 bits per heavy atom. The number of piperazine rings is 1. The number of carbonyl (C=O) groups excluding carboxylic acids is 1. The van der Waals surface area contributed by atoms with Gasteiger partial charge in [-0.05, 0) is 25.1 Å². The van der Waals surface area contributed by atoms with Gasteiger partial charge in [-0.25, -0.2) is 0 Å². The molecule has 5 nitrogen and oxygen atoms in total. The van der Waals surface area contributed by atoms with E-state index in [1.807, 2.05) is 32.2 Å². The summed E-state index contributed by atoms with van der Waals surface area (Å²) in [5.41, 5.74) is 2.08. The summed E-state index contributed by atoms with van der Waals surface area (Å²) in [4.78, 5) is 16.6. The van der Waals surface area contributed by atoms with E-state index in [4.69, 9.17) is 4.74 Å². The number of hydrogen-bond donors (Lipinski definition) is 1. The van der Waals surface area contributed by atoms with Gasteiger partial charge in [0.25, 0.3) is 0 Å². The SMILES string of the molecule is CCOc1ccc2c(c1)C(N1CCNCC1)C(=O)N2C. The van der Waals surface area contributed by atoms with E-state index in [2.05, 4.69) is 10.2 Å². The Morgan fingerprint density at radius 1 is 1.35 bits per heavy atom. The minimum absolute atomic E-state index is 0.155. The van der Waals surface area contributed by atoms with Crippen molar-refractivity contribution in [3.8, 4) is 5.75 Å². The Bertz CT molecular complexity index is 512. The van der Waals surface area contributed by atoms with Crippen molar-refractivity contribution in [3.63, 3.8) is 0 Å². The highest BCUT2D eigenvalue weighted by molar-refractivity contribution is 6.04. The summed E-state index contributed by atoms with van der Waals surface area (Å²) in [6.07, 6.45) is 0. The molecule has 0 spiro atoms. The fourth-order valence-corrected chi connectivity index (χ4v) is 3.04. The molecule has 3 rings (SSSR count). The van der Waals surface area contributed by atoms with Crippen LogP contribution in [0.4, 0.5) is 5.69 Å². The Morgan fingerprint density at radius 2 is 2.10 bits per heavy atom. The quantitative estimate of drug-likeness (QED) is 0.894. The van der Waals surface area contributed by atoms with Gasteiger partial charge in [-0.2, -0.15) is 0 Å².